The lowest BCUT2D eigenvalue weighted by Gasteiger charge is -2.45. The summed E-state index contributed by atoms with van der Waals surface area (Å²) in [5.74, 6) is 1.19. The number of phenolic OH excluding ortho intramolecular Hbond substituents is 1. The van der Waals surface area contributed by atoms with Crippen molar-refractivity contribution in [2.45, 2.75) is 62.7 Å². The molecule has 3 aromatic carbocycles. The molecule has 0 atom stereocenters. The zero-order valence-corrected chi connectivity index (χ0v) is 19.9. The molecule has 0 amide bonds. The summed E-state index contributed by atoms with van der Waals surface area (Å²) in [5, 5.41) is 13.2. The molecular weight excluding hydrogens is 400 g/mol. The number of ether oxygens (including phenoxy) is 1. The van der Waals surface area contributed by atoms with Gasteiger partial charge in [-0.25, -0.2) is 0 Å². The average molecular weight is 433 g/mol. The quantitative estimate of drug-likeness (QED) is 0.425. The number of aromatic hydroxyl groups is 1. The molecule has 1 saturated carbocycles. The Morgan fingerprint density at radius 2 is 1.65 bits per heavy atom. The van der Waals surface area contributed by atoms with E-state index in [-0.39, 0.29) is 5.41 Å². The fourth-order valence-electron chi connectivity index (χ4n) is 6.36. The monoisotopic (exact) mass is 432 g/mol. The number of thioether (sulfide) groups is 1. The van der Waals surface area contributed by atoms with E-state index in [1.54, 1.807) is 18.9 Å². The van der Waals surface area contributed by atoms with E-state index >= 15 is 0 Å². The van der Waals surface area contributed by atoms with E-state index in [1.165, 1.54) is 47.9 Å². The van der Waals surface area contributed by atoms with Gasteiger partial charge in [0.25, 0.3) is 0 Å². The van der Waals surface area contributed by atoms with E-state index in [9.17, 15) is 5.11 Å². The third-order valence-electron chi connectivity index (χ3n) is 8.51. The van der Waals surface area contributed by atoms with Crippen LogP contribution in [-0.4, -0.2) is 18.5 Å². The van der Waals surface area contributed by atoms with Crippen LogP contribution in [0.1, 0.15) is 63.5 Å². The molecule has 162 valence electrons. The van der Waals surface area contributed by atoms with E-state index in [0.717, 1.165) is 34.3 Å². The van der Waals surface area contributed by atoms with Crippen LogP contribution in [0.25, 0.3) is 21.9 Å². The minimum Gasteiger partial charge on any atom is -0.507 e. The van der Waals surface area contributed by atoms with Gasteiger partial charge in [-0.2, -0.15) is 0 Å². The van der Waals surface area contributed by atoms with Crippen LogP contribution in [0.4, 0.5) is 0 Å². The summed E-state index contributed by atoms with van der Waals surface area (Å²) in [6, 6.07) is 15.3. The lowest BCUT2D eigenvalue weighted by molar-refractivity contribution is 0.133. The highest BCUT2D eigenvalue weighted by Gasteiger charge is 2.48. The topological polar surface area (TPSA) is 29.5 Å². The Hall–Kier alpha value is -2.13. The molecule has 5 rings (SSSR count). The van der Waals surface area contributed by atoms with Crippen LogP contribution >= 0.6 is 11.8 Å². The van der Waals surface area contributed by atoms with E-state index in [0.29, 0.717) is 11.2 Å². The van der Waals surface area contributed by atoms with Crippen molar-refractivity contribution in [1.29, 1.82) is 0 Å². The molecule has 0 radical (unpaired) electrons. The van der Waals surface area contributed by atoms with Gasteiger partial charge >= 0.3 is 0 Å². The van der Waals surface area contributed by atoms with Crippen LogP contribution in [0.2, 0.25) is 0 Å². The van der Waals surface area contributed by atoms with Gasteiger partial charge in [0.1, 0.15) is 11.5 Å². The van der Waals surface area contributed by atoms with Gasteiger partial charge in [0.2, 0.25) is 0 Å². The van der Waals surface area contributed by atoms with Crippen LogP contribution in [0.15, 0.2) is 47.4 Å². The summed E-state index contributed by atoms with van der Waals surface area (Å²) < 4.78 is 5.61. The van der Waals surface area contributed by atoms with Crippen molar-refractivity contribution in [3.05, 3.63) is 53.6 Å². The van der Waals surface area contributed by atoms with E-state index < -0.39 is 0 Å². The Morgan fingerprint density at radius 1 is 0.935 bits per heavy atom. The third kappa shape index (κ3) is 2.85. The van der Waals surface area contributed by atoms with Gasteiger partial charge in [0.15, 0.2) is 0 Å². The second kappa shape index (κ2) is 7.48. The molecule has 0 aromatic heterocycles. The van der Waals surface area contributed by atoms with Crippen molar-refractivity contribution in [3.8, 4) is 22.6 Å². The largest absolute Gasteiger partial charge is 0.507 e. The number of hydrogen-bond acceptors (Lipinski definition) is 3. The number of benzene rings is 3. The smallest absolute Gasteiger partial charge is 0.133 e. The average Bonchev–Trinajstić information content (AvgIpc) is 3.09. The lowest BCUT2D eigenvalue weighted by atomic mass is 9.58. The van der Waals surface area contributed by atoms with Gasteiger partial charge in [-0.3, -0.25) is 0 Å². The summed E-state index contributed by atoms with van der Waals surface area (Å²) in [7, 11) is 1.70. The predicted molar refractivity (Wildman–Crippen MR) is 132 cm³/mol. The first-order chi connectivity index (χ1) is 15.0. The summed E-state index contributed by atoms with van der Waals surface area (Å²) in [4.78, 5) is 1.11. The Balaban J connectivity index is 1.78. The SMILES string of the molecule is CCC1(CC)CCC2(CC1)c1ccccc1-c1c2cc(O)c2cc(OC)c(SC)cc12. The number of rotatable bonds is 4. The maximum Gasteiger partial charge on any atom is 0.133 e. The molecule has 1 spiro atoms. The highest BCUT2D eigenvalue weighted by atomic mass is 32.2. The molecule has 2 aliphatic carbocycles. The van der Waals surface area contributed by atoms with Gasteiger partial charge in [0.05, 0.1) is 7.11 Å². The van der Waals surface area contributed by atoms with Crippen molar-refractivity contribution in [1.82, 2.24) is 0 Å². The zero-order valence-electron chi connectivity index (χ0n) is 19.0. The zero-order chi connectivity index (χ0) is 21.8. The molecule has 2 aliphatic rings. The highest BCUT2D eigenvalue weighted by Crippen LogP contribution is 2.61. The fourth-order valence-corrected chi connectivity index (χ4v) is 6.94. The summed E-state index contributed by atoms with van der Waals surface area (Å²) in [6.07, 6.45) is 9.43. The first kappa shape index (κ1) is 20.8. The summed E-state index contributed by atoms with van der Waals surface area (Å²) in [6.45, 7) is 4.71. The van der Waals surface area contributed by atoms with Crippen molar-refractivity contribution in [3.63, 3.8) is 0 Å². The standard InChI is InChI=1S/C28H32O2S/c1-5-27(6-2)11-13-28(14-12-27)21-10-8-7-9-18(21)26-20-16-25(31-4)24(30-3)15-19(20)23(29)17-22(26)28/h7-10,15-17,29H,5-6,11-14H2,1-4H3. The Morgan fingerprint density at radius 3 is 2.29 bits per heavy atom. The van der Waals surface area contributed by atoms with Crippen LogP contribution in [0.5, 0.6) is 11.5 Å². The van der Waals surface area contributed by atoms with Crippen LogP contribution in [-0.2, 0) is 5.41 Å². The lowest BCUT2D eigenvalue weighted by Crippen LogP contribution is -2.36. The van der Waals surface area contributed by atoms with Crippen molar-refractivity contribution < 1.29 is 9.84 Å². The second-order valence-corrected chi connectivity index (χ2v) is 10.3. The normalized spacial score (nSPS) is 18.2. The van der Waals surface area contributed by atoms with Crippen molar-refractivity contribution in [2.75, 3.05) is 13.4 Å². The molecule has 31 heavy (non-hydrogen) atoms. The number of fused-ring (bicyclic) bond motifs is 7. The molecule has 0 aliphatic heterocycles. The minimum atomic E-state index is 0.0187. The summed E-state index contributed by atoms with van der Waals surface area (Å²) >= 11 is 1.69. The third-order valence-corrected chi connectivity index (χ3v) is 9.27. The van der Waals surface area contributed by atoms with Crippen LogP contribution in [0.3, 0.4) is 0 Å². The van der Waals surface area contributed by atoms with Gasteiger partial charge in [-0.1, -0.05) is 51.0 Å². The number of methoxy groups -OCH3 is 1. The first-order valence-electron chi connectivity index (χ1n) is 11.5. The molecule has 0 saturated heterocycles. The molecule has 0 bridgehead atoms. The van der Waals surface area contributed by atoms with E-state index in [2.05, 4.69) is 56.5 Å². The van der Waals surface area contributed by atoms with Crippen LogP contribution in [0, 0.1) is 5.41 Å². The molecule has 0 unspecified atom stereocenters. The predicted octanol–water partition coefficient (Wildman–Crippen LogP) is 7.92. The van der Waals surface area contributed by atoms with Crippen molar-refractivity contribution >= 4 is 22.5 Å². The Bertz CT molecular complexity index is 1150. The van der Waals surface area contributed by atoms with E-state index in [1.807, 2.05) is 6.07 Å². The molecule has 3 aromatic rings. The second-order valence-electron chi connectivity index (χ2n) is 9.41. The molecule has 1 fully saturated rings. The Labute approximate surface area is 190 Å². The van der Waals surface area contributed by atoms with Crippen LogP contribution < -0.4 is 4.74 Å². The first-order valence-corrected chi connectivity index (χ1v) is 12.8. The van der Waals surface area contributed by atoms with Gasteiger partial charge in [0, 0.05) is 15.7 Å². The number of phenols is 1. The fraction of sp³-hybridized carbons (Fsp3) is 0.429. The summed E-state index contributed by atoms with van der Waals surface area (Å²) in [5.41, 5.74) is 5.95. The molecular formula is C28H32O2S. The minimum absolute atomic E-state index is 0.0187. The van der Waals surface area contributed by atoms with Gasteiger partial charge < -0.3 is 9.84 Å². The molecule has 2 nitrogen and oxygen atoms in total. The molecule has 1 N–H and O–H groups in total. The van der Waals surface area contributed by atoms with Gasteiger partial charge in [-0.15, -0.1) is 11.8 Å². The molecule has 3 heteroatoms. The number of hydrogen-bond donors (Lipinski definition) is 1. The Kier molecular flexibility index (Phi) is 5.01. The highest BCUT2D eigenvalue weighted by molar-refractivity contribution is 7.98. The van der Waals surface area contributed by atoms with Gasteiger partial charge in [-0.05, 0) is 83.2 Å². The maximum atomic E-state index is 11.1. The molecule has 0 heterocycles. The maximum absolute atomic E-state index is 11.1. The van der Waals surface area contributed by atoms with E-state index in [4.69, 9.17) is 4.74 Å². The van der Waals surface area contributed by atoms with Crippen molar-refractivity contribution in [2.24, 2.45) is 5.41 Å².